The number of carbonyl (C=O) groups is 1. The molecule has 26 heavy (non-hydrogen) atoms. The van der Waals surface area contributed by atoms with Crippen molar-refractivity contribution in [3.63, 3.8) is 0 Å². The maximum Gasteiger partial charge on any atom is 0.417 e. The summed E-state index contributed by atoms with van der Waals surface area (Å²) in [6.07, 6.45) is -4.68. The Morgan fingerprint density at radius 3 is 2.31 bits per heavy atom. The first kappa shape index (κ1) is 20.2. The number of nitrogens with one attached hydrogen (secondary N) is 2. The van der Waals surface area contributed by atoms with E-state index in [9.17, 15) is 26.4 Å². The molecule has 0 radical (unpaired) electrons. The highest BCUT2D eigenvalue weighted by Gasteiger charge is 2.33. The number of sulfonamides is 1. The van der Waals surface area contributed by atoms with Crippen LogP contribution in [-0.2, 0) is 21.0 Å². The van der Waals surface area contributed by atoms with E-state index in [1.807, 2.05) is 0 Å². The van der Waals surface area contributed by atoms with Crippen molar-refractivity contribution in [1.29, 1.82) is 0 Å². The van der Waals surface area contributed by atoms with Crippen LogP contribution in [0.2, 0.25) is 5.02 Å². The standard InChI is InChI=1S/C16H14ClF3N2O3S/c1-10-2-5-12(6-3-10)26(24,25)21-9-15(23)22-11-4-7-14(17)13(8-11)16(18,19)20/h2-8,21H,9H2,1H3,(H,22,23). The summed E-state index contributed by atoms with van der Waals surface area (Å²) in [6.45, 7) is 1.15. The van der Waals surface area contributed by atoms with Gasteiger partial charge in [0.2, 0.25) is 15.9 Å². The lowest BCUT2D eigenvalue weighted by atomic mass is 10.2. The second-order valence-electron chi connectivity index (χ2n) is 5.38. The highest BCUT2D eigenvalue weighted by Crippen LogP contribution is 2.36. The Morgan fingerprint density at radius 1 is 1.12 bits per heavy atom. The molecule has 140 valence electrons. The first-order valence-corrected chi connectivity index (χ1v) is 9.08. The van der Waals surface area contributed by atoms with Crippen molar-refractivity contribution in [3.8, 4) is 0 Å². The molecular formula is C16H14ClF3N2O3S. The van der Waals surface area contributed by atoms with Crippen LogP contribution in [0.1, 0.15) is 11.1 Å². The van der Waals surface area contributed by atoms with Crippen molar-refractivity contribution in [2.24, 2.45) is 0 Å². The molecule has 0 saturated heterocycles. The molecule has 0 spiro atoms. The molecule has 0 aliphatic carbocycles. The van der Waals surface area contributed by atoms with Crippen molar-refractivity contribution in [1.82, 2.24) is 4.72 Å². The molecule has 0 aliphatic rings. The third-order valence-electron chi connectivity index (χ3n) is 3.31. The zero-order chi connectivity index (χ0) is 19.5. The SMILES string of the molecule is Cc1ccc(S(=O)(=O)NCC(=O)Nc2ccc(Cl)c(C(F)(F)F)c2)cc1. The fourth-order valence-corrected chi connectivity index (χ4v) is 3.19. The lowest BCUT2D eigenvalue weighted by Gasteiger charge is -2.12. The molecule has 2 aromatic rings. The fraction of sp³-hybridized carbons (Fsp3) is 0.188. The molecule has 0 heterocycles. The second-order valence-corrected chi connectivity index (χ2v) is 7.55. The lowest BCUT2D eigenvalue weighted by molar-refractivity contribution is -0.137. The summed E-state index contributed by atoms with van der Waals surface area (Å²) in [7, 11) is -3.91. The van der Waals surface area contributed by atoms with Crippen LogP contribution in [-0.4, -0.2) is 20.9 Å². The Bertz CT molecular complexity index is 913. The number of aryl methyl sites for hydroxylation is 1. The second kappa shape index (κ2) is 7.65. The van der Waals surface area contributed by atoms with Crippen molar-refractivity contribution in [3.05, 3.63) is 58.6 Å². The number of hydrogen-bond donors (Lipinski definition) is 2. The molecular weight excluding hydrogens is 393 g/mol. The number of benzene rings is 2. The van der Waals surface area contributed by atoms with Crippen molar-refractivity contribution in [2.45, 2.75) is 18.0 Å². The molecule has 0 aliphatic heterocycles. The highest BCUT2D eigenvalue weighted by atomic mass is 35.5. The zero-order valence-corrected chi connectivity index (χ0v) is 15.0. The first-order valence-electron chi connectivity index (χ1n) is 7.22. The van der Waals surface area contributed by atoms with E-state index in [1.54, 1.807) is 19.1 Å². The number of carbonyl (C=O) groups excluding carboxylic acids is 1. The first-order chi connectivity index (χ1) is 12.0. The summed E-state index contributed by atoms with van der Waals surface area (Å²) in [5, 5.41) is 1.69. The van der Waals surface area contributed by atoms with E-state index < -0.39 is 39.2 Å². The Hall–Kier alpha value is -2.10. The maximum atomic E-state index is 12.8. The Kier molecular flexibility index (Phi) is 5.94. The molecule has 1 amide bonds. The number of rotatable bonds is 5. The Morgan fingerprint density at radius 2 is 1.73 bits per heavy atom. The third-order valence-corrected chi connectivity index (χ3v) is 5.06. The number of halogens is 4. The van der Waals surface area contributed by atoms with Crippen LogP contribution < -0.4 is 10.0 Å². The molecule has 2 aromatic carbocycles. The van der Waals surface area contributed by atoms with Gasteiger partial charge in [-0.25, -0.2) is 13.1 Å². The predicted octanol–water partition coefficient (Wildman–Crippen LogP) is 3.58. The van der Waals surface area contributed by atoms with Gasteiger partial charge >= 0.3 is 6.18 Å². The minimum Gasteiger partial charge on any atom is -0.325 e. The van der Waals surface area contributed by atoms with Gasteiger partial charge in [0.05, 0.1) is 22.0 Å². The molecule has 0 saturated carbocycles. The van der Waals surface area contributed by atoms with Crippen LogP contribution in [0.3, 0.4) is 0 Å². The maximum absolute atomic E-state index is 12.8. The molecule has 0 unspecified atom stereocenters. The molecule has 0 fully saturated rings. The van der Waals surface area contributed by atoms with E-state index in [0.717, 1.165) is 11.6 Å². The van der Waals surface area contributed by atoms with Gasteiger partial charge in [-0.1, -0.05) is 29.3 Å². The Labute approximate surface area is 153 Å². The number of anilines is 1. The quantitative estimate of drug-likeness (QED) is 0.796. The molecule has 0 aromatic heterocycles. The fourth-order valence-electron chi connectivity index (χ4n) is 1.99. The van der Waals surface area contributed by atoms with Gasteiger partial charge in [0.15, 0.2) is 0 Å². The van der Waals surface area contributed by atoms with E-state index in [0.29, 0.717) is 6.07 Å². The minimum atomic E-state index is -4.68. The number of hydrogen-bond acceptors (Lipinski definition) is 3. The third kappa shape index (κ3) is 5.20. The van der Waals surface area contributed by atoms with Gasteiger partial charge in [-0.15, -0.1) is 0 Å². The summed E-state index contributed by atoms with van der Waals surface area (Å²) in [6, 6.07) is 8.81. The van der Waals surface area contributed by atoms with E-state index in [4.69, 9.17) is 11.6 Å². The molecule has 0 bridgehead atoms. The summed E-state index contributed by atoms with van der Waals surface area (Å²) >= 11 is 5.49. The molecule has 0 atom stereocenters. The molecule has 2 rings (SSSR count). The Balaban J connectivity index is 2.04. The van der Waals surface area contributed by atoms with Gasteiger partial charge in [-0.05, 0) is 37.3 Å². The van der Waals surface area contributed by atoms with Crippen LogP contribution >= 0.6 is 11.6 Å². The van der Waals surface area contributed by atoms with Crippen LogP contribution in [0, 0.1) is 6.92 Å². The van der Waals surface area contributed by atoms with Crippen LogP contribution in [0.25, 0.3) is 0 Å². The predicted molar refractivity (Wildman–Crippen MR) is 91.5 cm³/mol. The minimum absolute atomic E-state index is 0.0262. The number of alkyl halides is 3. The number of amides is 1. The summed E-state index contributed by atoms with van der Waals surface area (Å²) in [5.74, 6) is -0.823. The van der Waals surface area contributed by atoms with Crippen molar-refractivity contribution >= 4 is 33.2 Å². The van der Waals surface area contributed by atoms with E-state index in [2.05, 4.69) is 10.0 Å². The van der Waals surface area contributed by atoms with Gasteiger partial charge in [0, 0.05) is 5.69 Å². The van der Waals surface area contributed by atoms with Gasteiger partial charge in [0.25, 0.3) is 0 Å². The van der Waals surface area contributed by atoms with Gasteiger partial charge in [-0.2, -0.15) is 13.2 Å². The van der Waals surface area contributed by atoms with Crippen molar-refractivity contribution < 1.29 is 26.4 Å². The molecule has 10 heteroatoms. The normalized spacial score (nSPS) is 12.0. The largest absolute Gasteiger partial charge is 0.417 e. The van der Waals surface area contributed by atoms with E-state index >= 15 is 0 Å². The molecule has 2 N–H and O–H groups in total. The van der Waals surface area contributed by atoms with E-state index in [-0.39, 0.29) is 10.6 Å². The highest BCUT2D eigenvalue weighted by molar-refractivity contribution is 7.89. The van der Waals surface area contributed by atoms with Gasteiger partial charge in [-0.3, -0.25) is 4.79 Å². The summed E-state index contributed by atoms with van der Waals surface area (Å²) in [5.41, 5.74) is -0.386. The van der Waals surface area contributed by atoms with E-state index in [1.165, 1.54) is 18.2 Å². The van der Waals surface area contributed by atoms with Crippen LogP contribution in [0.15, 0.2) is 47.4 Å². The van der Waals surface area contributed by atoms with Crippen LogP contribution in [0.4, 0.5) is 18.9 Å². The summed E-state index contributed by atoms with van der Waals surface area (Å²) in [4.78, 5) is 11.8. The smallest absolute Gasteiger partial charge is 0.325 e. The molecule has 5 nitrogen and oxygen atoms in total. The van der Waals surface area contributed by atoms with Gasteiger partial charge in [0.1, 0.15) is 0 Å². The van der Waals surface area contributed by atoms with Gasteiger partial charge < -0.3 is 5.32 Å². The lowest BCUT2D eigenvalue weighted by Crippen LogP contribution is -2.33. The summed E-state index contributed by atoms with van der Waals surface area (Å²) < 4.78 is 64.6. The average Bonchev–Trinajstić information content (AvgIpc) is 2.54. The zero-order valence-electron chi connectivity index (χ0n) is 13.4. The average molecular weight is 407 g/mol. The van der Waals surface area contributed by atoms with Crippen molar-refractivity contribution in [2.75, 3.05) is 11.9 Å². The monoisotopic (exact) mass is 406 g/mol. The topological polar surface area (TPSA) is 75.3 Å². The van der Waals surface area contributed by atoms with Crippen LogP contribution in [0.5, 0.6) is 0 Å².